The number of likely N-dealkylation sites (N-methyl/N-ethyl adjacent to an activating group) is 1. The van der Waals surface area contributed by atoms with Gasteiger partial charge in [-0.05, 0) is 31.4 Å². The van der Waals surface area contributed by atoms with Crippen LogP contribution in [0.1, 0.15) is 49.9 Å². The number of aliphatic carboxylic acids is 1. The average Bonchev–Trinajstić information content (AvgIpc) is 3.30. The highest BCUT2D eigenvalue weighted by atomic mass is 32.1. The molecule has 0 bridgehead atoms. The van der Waals surface area contributed by atoms with Gasteiger partial charge in [0.1, 0.15) is 5.75 Å². The Hall–Kier alpha value is -2.23. The summed E-state index contributed by atoms with van der Waals surface area (Å²) < 4.78 is 14.5. The highest BCUT2D eigenvalue weighted by Crippen LogP contribution is 2.37. The second-order valence-electron chi connectivity index (χ2n) is 7.41. The number of thiol groups is 1. The summed E-state index contributed by atoms with van der Waals surface area (Å²) in [5.41, 5.74) is 1.48. The predicted molar refractivity (Wildman–Crippen MR) is 140 cm³/mol. The predicted octanol–water partition coefficient (Wildman–Crippen LogP) is 4.35. The van der Waals surface area contributed by atoms with Gasteiger partial charge in [0.25, 0.3) is 5.91 Å². The van der Waals surface area contributed by atoms with Gasteiger partial charge in [-0.25, -0.2) is 0 Å². The number of hydrogen-bond acceptors (Lipinski definition) is 7. The summed E-state index contributed by atoms with van der Waals surface area (Å²) in [5, 5.41) is 8.60. The lowest BCUT2D eigenvalue weighted by Gasteiger charge is -2.31. The maximum absolute atomic E-state index is 12.8. The van der Waals surface area contributed by atoms with Gasteiger partial charge in [-0.2, -0.15) is 12.6 Å². The van der Waals surface area contributed by atoms with Crippen LogP contribution in [-0.2, 0) is 14.3 Å². The molecule has 8 nitrogen and oxygen atoms in total. The number of rotatable bonds is 7. The van der Waals surface area contributed by atoms with E-state index in [0.29, 0.717) is 30.9 Å². The number of nitrogens with zero attached hydrogens (tertiary/aromatic N) is 2. The van der Waals surface area contributed by atoms with Crippen LogP contribution in [0.25, 0.3) is 0 Å². The lowest BCUT2D eigenvalue weighted by Crippen LogP contribution is -2.44. The van der Waals surface area contributed by atoms with Crippen LogP contribution in [0, 0.1) is 0 Å². The van der Waals surface area contributed by atoms with Crippen LogP contribution in [0.5, 0.6) is 5.75 Å². The van der Waals surface area contributed by atoms with Crippen LogP contribution in [0.15, 0.2) is 30.9 Å². The number of carbonyl (C=O) groups excluding carboxylic acids is 1. The lowest BCUT2D eigenvalue weighted by atomic mass is 10.1. The van der Waals surface area contributed by atoms with Crippen molar-refractivity contribution in [1.82, 2.24) is 4.90 Å². The maximum atomic E-state index is 12.8. The molecule has 0 saturated carbocycles. The Balaban J connectivity index is 0.000000935. The summed E-state index contributed by atoms with van der Waals surface area (Å²) in [6, 6.07) is 5.54. The molecule has 0 aromatic heterocycles. The molecule has 2 unspecified atom stereocenters. The zero-order chi connectivity index (χ0) is 26.1. The molecule has 1 amide bonds. The zero-order valence-corrected chi connectivity index (χ0v) is 22.3. The van der Waals surface area contributed by atoms with Crippen molar-refractivity contribution in [3.8, 4) is 5.75 Å². The molecule has 9 heteroatoms. The number of carbonyl (C=O) groups is 2. The first-order valence-electron chi connectivity index (χ1n) is 11.5. The number of benzene rings is 1. The van der Waals surface area contributed by atoms with Gasteiger partial charge in [-0.1, -0.05) is 19.9 Å². The van der Waals surface area contributed by atoms with E-state index in [0.717, 1.165) is 25.1 Å². The molecule has 0 spiro atoms. The molecule has 1 N–H and O–H groups in total. The van der Waals surface area contributed by atoms with E-state index < -0.39 is 5.97 Å². The summed E-state index contributed by atoms with van der Waals surface area (Å²) in [4.78, 5) is 27.3. The zero-order valence-electron chi connectivity index (χ0n) is 21.5. The van der Waals surface area contributed by atoms with Gasteiger partial charge in [0.2, 0.25) is 0 Å². The minimum atomic E-state index is -0.829. The molecule has 2 atom stereocenters. The molecule has 1 saturated heterocycles. The standard InChI is InChI=1S/C17H22N2O4S.C4H8O.C2H6O.C2H6/c1-18-14-10-11(23-9-3-5-15(20)21)6-7-12(14)16(22)19-8-2-4-13(19)17(18)24;1-3-4-5-2;1-3-2;1-2/h6-7,10,13,17,24H,2-5,8-9H2,1H3,(H,20,21);3H,1,4H2,2H3;1-2H3;1-2H3. The fraction of sp³-hybridized carbons (Fsp3) is 0.600. The van der Waals surface area contributed by atoms with Gasteiger partial charge in [0, 0.05) is 47.4 Å². The Morgan fingerprint density at radius 1 is 1.29 bits per heavy atom. The molecule has 2 aliphatic rings. The molecular formula is C25H42N2O6S. The normalized spacial score (nSPS) is 17.9. The summed E-state index contributed by atoms with van der Waals surface area (Å²) in [6.45, 7) is 9.19. The third-order valence-corrected chi connectivity index (χ3v) is 5.66. The maximum Gasteiger partial charge on any atom is 0.303 e. The third kappa shape index (κ3) is 9.95. The molecule has 34 heavy (non-hydrogen) atoms. The van der Waals surface area contributed by atoms with Crippen molar-refractivity contribution in [3.63, 3.8) is 0 Å². The Bertz CT molecular complexity index is 746. The molecule has 194 valence electrons. The largest absolute Gasteiger partial charge is 0.494 e. The molecule has 3 rings (SSSR count). The molecule has 1 aromatic carbocycles. The van der Waals surface area contributed by atoms with Crippen LogP contribution in [-0.4, -0.2) is 81.4 Å². The number of hydrogen-bond donors (Lipinski definition) is 2. The SMILES string of the molecule is C=CCOC.CC.CN1c2cc(OCCCC(=O)O)ccc2C(=O)N2CCCC2C1S.COC. The van der Waals surface area contributed by atoms with Gasteiger partial charge in [-0.3, -0.25) is 9.59 Å². The topological polar surface area (TPSA) is 88.5 Å². The van der Waals surface area contributed by atoms with Crippen molar-refractivity contribution in [2.24, 2.45) is 0 Å². The van der Waals surface area contributed by atoms with Gasteiger partial charge in [0.15, 0.2) is 0 Å². The first-order chi connectivity index (χ1) is 16.3. The van der Waals surface area contributed by atoms with E-state index in [1.165, 1.54) is 0 Å². The fourth-order valence-corrected chi connectivity index (χ4v) is 3.95. The van der Waals surface area contributed by atoms with Gasteiger partial charge < -0.3 is 29.1 Å². The van der Waals surface area contributed by atoms with Crippen molar-refractivity contribution in [1.29, 1.82) is 0 Å². The van der Waals surface area contributed by atoms with E-state index in [4.69, 9.17) is 22.5 Å². The van der Waals surface area contributed by atoms with E-state index in [2.05, 4.69) is 16.1 Å². The number of anilines is 1. The van der Waals surface area contributed by atoms with Gasteiger partial charge in [-0.15, -0.1) is 6.58 Å². The van der Waals surface area contributed by atoms with Crippen molar-refractivity contribution in [2.45, 2.75) is 50.9 Å². The molecule has 1 aromatic rings. The monoisotopic (exact) mass is 498 g/mol. The second kappa shape index (κ2) is 18.1. The number of methoxy groups -OCH3 is 2. The van der Waals surface area contributed by atoms with Crippen LogP contribution >= 0.6 is 12.6 Å². The van der Waals surface area contributed by atoms with Crippen molar-refractivity contribution < 1.29 is 28.9 Å². The highest BCUT2D eigenvalue weighted by molar-refractivity contribution is 7.81. The molecule has 1 fully saturated rings. The van der Waals surface area contributed by atoms with Gasteiger partial charge in [0.05, 0.1) is 35.9 Å². The molecule has 0 radical (unpaired) electrons. The van der Waals surface area contributed by atoms with Gasteiger partial charge >= 0.3 is 5.97 Å². The van der Waals surface area contributed by atoms with E-state index in [9.17, 15) is 9.59 Å². The number of ether oxygens (including phenoxy) is 3. The Kier molecular flexibility index (Phi) is 17.0. The van der Waals surface area contributed by atoms with Crippen molar-refractivity contribution in [2.75, 3.05) is 53.0 Å². The molecule has 2 heterocycles. The first kappa shape index (κ1) is 31.8. The minimum Gasteiger partial charge on any atom is -0.494 e. The van der Waals surface area contributed by atoms with Crippen molar-refractivity contribution in [3.05, 3.63) is 36.4 Å². The van der Waals surface area contributed by atoms with Crippen LogP contribution in [0.2, 0.25) is 0 Å². The summed E-state index contributed by atoms with van der Waals surface area (Å²) in [7, 11) is 6.83. The first-order valence-corrected chi connectivity index (χ1v) is 12.0. The Morgan fingerprint density at radius 3 is 2.47 bits per heavy atom. The summed E-state index contributed by atoms with van der Waals surface area (Å²) in [6.07, 6.45) is 4.23. The second-order valence-corrected chi connectivity index (χ2v) is 7.94. The number of amides is 1. The lowest BCUT2D eigenvalue weighted by molar-refractivity contribution is -0.137. The van der Waals surface area contributed by atoms with Crippen LogP contribution in [0.3, 0.4) is 0 Å². The average molecular weight is 499 g/mol. The Morgan fingerprint density at radius 2 is 1.94 bits per heavy atom. The number of fused-ring (bicyclic) bond motifs is 2. The molecule has 2 aliphatic heterocycles. The molecular weight excluding hydrogens is 456 g/mol. The Labute approximate surface area is 210 Å². The van der Waals surface area contributed by atoms with E-state index in [-0.39, 0.29) is 23.7 Å². The minimum absolute atomic E-state index is 0.0494. The van der Waals surface area contributed by atoms with E-state index >= 15 is 0 Å². The van der Waals surface area contributed by atoms with E-state index in [1.54, 1.807) is 39.5 Å². The van der Waals surface area contributed by atoms with Crippen molar-refractivity contribution >= 4 is 30.2 Å². The quantitative estimate of drug-likeness (QED) is 0.328. The van der Waals surface area contributed by atoms with Crippen LogP contribution < -0.4 is 9.64 Å². The molecule has 0 aliphatic carbocycles. The van der Waals surface area contributed by atoms with E-state index in [1.807, 2.05) is 36.8 Å². The van der Waals surface area contributed by atoms with Crippen LogP contribution in [0.4, 0.5) is 5.69 Å². The highest BCUT2D eigenvalue weighted by Gasteiger charge is 2.40. The summed E-state index contributed by atoms with van der Waals surface area (Å²) >= 11 is 4.73. The number of carboxylic acid groups (broad SMARTS) is 1. The number of carboxylic acids is 1. The smallest absolute Gasteiger partial charge is 0.303 e. The third-order valence-electron chi connectivity index (χ3n) is 4.97. The summed E-state index contributed by atoms with van der Waals surface area (Å²) in [5.74, 6) is -0.140. The fourth-order valence-electron chi connectivity index (χ4n) is 3.52.